The molecule has 0 saturated carbocycles. The molecule has 1 aliphatic rings. The van der Waals surface area contributed by atoms with Crippen LogP contribution in [0.1, 0.15) is 12.8 Å². The highest BCUT2D eigenvalue weighted by molar-refractivity contribution is 7.99. The average molecular weight is 277 g/mol. The first-order valence-electron chi connectivity index (χ1n) is 5.25. The smallest absolute Gasteiger partial charge is 0.0614 e. The largest absolute Gasteiger partial charge is 0.397 e. The number of benzene rings is 1. The maximum atomic E-state index is 5.97. The Hall–Kier alpha value is -0.250. The van der Waals surface area contributed by atoms with E-state index in [1.807, 2.05) is 11.8 Å². The number of thioether (sulfide) groups is 1. The van der Waals surface area contributed by atoms with E-state index in [1.165, 1.54) is 24.3 Å². The van der Waals surface area contributed by atoms with E-state index in [0.717, 1.165) is 5.69 Å². The number of nitrogens with one attached hydrogen (secondary N) is 1. The Balaban J connectivity index is 2.11. The van der Waals surface area contributed by atoms with Crippen molar-refractivity contribution < 1.29 is 0 Å². The van der Waals surface area contributed by atoms with Crippen LogP contribution in [0.2, 0.25) is 10.0 Å². The number of nitrogen functional groups attached to an aromatic ring is 1. The van der Waals surface area contributed by atoms with Crippen LogP contribution in [0.4, 0.5) is 11.4 Å². The van der Waals surface area contributed by atoms with Crippen LogP contribution in [0.5, 0.6) is 0 Å². The van der Waals surface area contributed by atoms with Gasteiger partial charge >= 0.3 is 0 Å². The molecule has 0 radical (unpaired) electrons. The van der Waals surface area contributed by atoms with E-state index < -0.39 is 0 Å². The van der Waals surface area contributed by atoms with Crippen molar-refractivity contribution in [3.63, 3.8) is 0 Å². The highest BCUT2D eigenvalue weighted by atomic mass is 35.5. The van der Waals surface area contributed by atoms with Crippen LogP contribution in [-0.4, -0.2) is 17.5 Å². The Labute approximate surface area is 110 Å². The first-order valence-corrected chi connectivity index (χ1v) is 7.16. The highest BCUT2D eigenvalue weighted by Crippen LogP contribution is 2.32. The van der Waals surface area contributed by atoms with Crippen LogP contribution in [0, 0.1) is 0 Å². The molecule has 1 aliphatic heterocycles. The minimum atomic E-state index is 0.501. The Bertz CT molecular complexity index is 378. The summed E-state index contributed by atoms with van der Waals surface area (Å²) in [6, 6.07) is 4.01. The summed E-state index contributed by atoms with van der Waals surface area (Å²) in [5.41, 5.74) is 7.45. The van der Waals surface area contributed by atoms with Crippen LogP contribution in [0.25, 0.3) is 0 Å². The average Bonchev–Trinajstić information content (AvgIpc) is 2.27. The predicted octanol–water partition coefficient (Wildman–Crippen LogP) is 3.88. The summed E-state index contributed by atoms with van der Waals surface area (Å²) in [6.07, 6.45) is 2.34. The summed E-state index contributed by atoms with van der Waals surface area (Å²) >= 11 is 13.9. The minimum Gasteiger partial charge on any atom is -0.397 e. The SMILES string of the molecule is Nc1cc(Cl)c(Cl)cc1NC1CCSCC1. The Kier molecular flexibility index (Phi) is 4.11. The van der Waals surface area contributed by atoms with Crippen LogP contribution in [0.3, 0.4) is 0 Å². The molecule has 1 aromatic carbocycles. The summed E-state index contributed by atoms with van der Waals surface area (Å²) in [4.78, 5) is 0. The summed E-state index contributed by atoms with van der Waals surface area (Å²) < 4.78 is 0. The van der Waals surface area contributed by atoms with Gasteiger partial charge in [0.15, 0.2) is 0 Å². The lowest BCUT2D eigenvalue weighted by molar-refractivity contribution is 0.667. The molecule has 3 N–H and O–H groups in total. The third-order valence-electron chi connectivity index (χ3n) is 2.67. The van der Waals surface area contributed by atoms with Crippen molar-refractivity contribution in [2.24, 2.45) is 0 Å². The molecule has 16 heavy (non-hydrogen) atoms. The van der Waals surface area contributed by atoms with Gasteiger partial charge in [0.2, 0.25) is 0 Å². The van der Waals surface area contributed by atoms with Crippen molar-refractivity contribution in [2.45, 2.75) is 18.9 Å². The molecule has 0 bridgehead atoms. The molecule has 0 aliphatic carbocycles. The summed E-state index contributed by atoms with van der Waals surface area (Å²) in [6.45, 7) is 0. The molecule has 0 atom stereocenters. The molecule has 0 spiro atoms. The second-order valence-corrected chi connectivity index (χ2v) is 5.92. The second-order valence-electron chi connectivity index (χ2n) is 3.88. The molecular formula is C11H14Cl2N2S. The van der Waals surface area contributed by atoms with Gasteiger partial charge in [-0.2, -0.15) is 11.8 Å². The normalized spacial score (nSPS) is 17.4. The van der Waals surface area contributed by atoms with Gasteiger partial charge in [-0.25, -0.2) is 0 Å². The number of hydrogen-bond donors (Lipinski definition) is 2. The zero-order chi connectivity index (χ0) is 11.5. The van der Waals surface area contributed by atoms with E-state index in [2.05, 4.69) is 5.32 Å². The Morgan fingerprint density at radius 1 is 1.19 bits per heavy atom. The first-order chi connectivity index (χ1) is 7.66. The molecule has 1 fully saturated rings. The third kappa shape index (κ3) is 2.90. The number of hydrogen-bond acceptors (Lipinski definition) is 3. The molecule has 2 nitrogen and oxygen atoms in total. The third-order valence-corrected chi connectivity index (χ3v) is 4.44. The number of nitrogens with two attached hydrogens (primary N) is 1. The van der Waals surface area contributed by atoms with Gasteiger partial charge in [0.05, 0.1) is 21.4 Å². The maximum absolute atomic E-state index is 5.97. The van der Waals surface area contributed by atoms with Gasteiger partial charge in [0.25, 0.3) is 0 Å². The van der Waals surface area contributed by atoms with E-state index in [4.69, 9.17) is 28.9 Å². The van der Waals surface area contributed by atoms with E-state index in [0.29, 0.717) is 21.8 Å². The van der Waals surface area contributed by atoms with Gasteiger partial charge in [0, 0.05) is 6.04 Å². The zero-order valence-electron chi connectivity index (χ0n) is 8.80. The van der Waals surface area contributed by atoms with Crippen molar-refractivity contribution in [2.75, 3.05) is 22.6 Å². The highest BCUT2D eigenvalue weighted by Gasteiger charge is 2.15. The van der Waals surface area contributed by atoms with Crippen LogP contribution < -0.4 is 11.1 Å². The van der Waals surface area contributed by atoms with Gasteiger partial charge in [0.1, 0.15) is 0 Å². The lowest BCUT2D eigenvalue weighted by atomic mass is 10.1. The van der Waals surface area contributed by atoms with Gasteiger partial charge in [-0.3, -0.25) is 0 Å². The first kappa shape index (κ1) is 12.2. The monoisotopic (exact) mass is 276 g/mol. The van der Waals surface area contributed by atoms with Crippen LogP contribution in [0.15, 0.2) is 12.1 Å². The Morgan fingerprint density at radius 2 is 1.81 bits per heavy atom. The van der Waals surface area contributed by atoms with E-state index in [-0.39, 0.29) is 0 Å². The van der Waals surface area contributed by atoms with Gasteiger partial charge in [-0.15, -0.1) is 0 Å². The molecule has 88 valence electrons. The summed E-state index contributed by atoms with van der Waals surface area (Å²) in [7, 11) is 0. The molecule has 0 unspecified atom stereocenters. The maximum Gasteiger partial charge on any atom is 0.0614 e. The number of anilines is 2. The lowest BCUT2D eigenvalue weighted by Crippen LogP contribution is -2.24. The van der Waals surface area contributed by atoms with Gasteiger partial charge < -0.3 is 11.1 Å². The number of halogens is 2. The predicted molar refractivity (Wildman–Crippen MR) is 74.8 cm³/mol. The van der Waals surface area contributed by atoms with Crippen LogP contribution in [-0.2, 0) is 0 Å². The summed E-state index contributed by atoms with van der Waals surface area (Å²) in [5.74, 6) is 2.41. The van der Waals surface area contributed by atoms with Gasteiger partial charge in [-0.05, 0) is 36.5 Å². The molecule has 1 aromatic rings. The standard InChI is InChI=1S/C11H14Cl2N2S/c12-8-5-10(14)11(6-9(8)13)15-7-1-3-16-4-2-7/h5-7,15H,1-4,14H2. The zero-order valence-corrected chi connectivity index (χ0v) is 11.1. The fraction of sp³-hybridized carbons (Fsp3) is 0.455. The van der Waals surface area contributed by atoms with Crippen molar-refractivity contribution in [3.8, 4) is 0 Å². The number of rotatable bonds is 2. The van der Waals surface area contributed by atoms with E-state index in [9.17, 15) is 0 Å². The van der Waals surface area contributed by atoms with Gasteiger partial charge in [-0.1, -0.05) is 23.2 Å². The summed E-state index contributed by atoms with van der Waals surface area (Å²) in [5, 5.41) is 4.48. The van der Waals surface area contributed by atoms with Crippen molar-refractivity contribution in [1.29, 1.82) is 0 Å². The molecule has 0 amide bonds. The van der Waals surface area contributed by atoms with Crippen molar-refractivity contribution >= 4 is 46.3 Å². The fourth-order valence-electron chi connectivity index (χ4n) is 1.75. The van der Waals surface area contributed by atoms with E-state index in [1.54, 1.807) is 12.1 Å². The van der Waals surface area contributed by atoms with Crippen LogP contribution >= 0.6 is 35.0 Å². The molecule has 0 aromatic heterocycles. The molecular weight excluding hydrogens is 263 g/mol. The Morgan fingerprint density at radius 3 is 2.50 bits per heavy atom. The fourth-order valence-corrected chi connectivity index (χ4v) is 3.19. The molecule has 1 saturated heterocycles. The van der Waals surface area contributed by atoms with Crippen molar-refractivity contribution in [3.05, 3.63) is 22.2 Å². The topological polar surface area (TPSA) is 38.0 Å². The second kappa shape index (κ2) is 5.39. The quantitative estimate of drug-likeness (QED) is 0.805. The molecule has 2 rings (SSSR count). The van der Waals surface area contributed by atoms with Crippen molar-refractivity contribution in [1.82, 2.24) is 0 Å². The minimum absolute atomic E-state index is 0.501. The lowest BCUT2D eigenvalue weighted by Gasteiger charge is -2.24. The van der Waals surface area contributed by atoms with E-state index >= 15 is 0 Å². The molecule has 1 heterocycles. The molecule has 5 heteroatoms.